The van der Waals surface area contributed by atoms with Crippen LogP contribution in [0.5, 0.6) is 0 Å². The van der Waals surface area contributed by atoms with Crippen molar-refractivity contribution in [2.24, 2.45) is 16.8 Å². The number of hydrogen-bond acceptors (Lipinski definition) is 3. The first-order valence-corrected chi connectivity index (χ1v) is 6.80. The van der Waals surface area contributed by atoms with E-state index in [0.29, 0.717) is 28.1 Å². The van der Waals surface area contributed by atoms with Gasteiger partial charge in [0.1, 0.15) is 0 Å². The second-order valence-electron chi connectivity index (χ2n) is 4.66. The molecule has 1 amide bonds. The van der Waals surface area contributed by atoms with E-state index in [0.717, 1.165) is 6.42 Å². The molecule has 0 spiro atoms. The highest BCUT2D eigenvalue weighted by atomic mass is 79.9. The SMILES string of the molecule is CC(C)CCC(=O)Nc1ccc(/C(N)=N/O)cc1Br. The van der Waals surface area contributed by atoms with E-state index in [1.807, 2.05) is 0 Å². The monoisotopic (exact) mass is 327 g/mol. The van der Waals surface area contributed by atoms with Crippen molar-refractivity contribution in [1.82, 2.24) is 0 Å². The van der Waals surface area contributed by atoms with Gasteiger partial charge in [0, 0.05) is 16.5 Å². The lowest BCUT2D eigenvalue weighted by Crippen LogP contribution is -2.15. The van der Waals surface area contributed by atoms with Gasteiger partial charge in [-0.2, -0.15) is 0 Å². The van der Waals surface area contributed by atoms with Crippen LogP contribution < -0.4 is 11.1 Å². The molecule has 0 radical (unpaired) electrons. The molecule has 1 rings (SSSR count). The summed E-state index contributed by atoms with van der Waals surface area (Å²) in [5.74, 6) is 0.501. The molecule has 19 heavy (non-hydrogen) atoms. The van der Waals surface area contributed by atoms with E-state index in [-0.39, 0.29) is 11.7 Å². The Morgan fingerprint density at radius 3 is 2.74 bits per heavy atom. The smallest absolute Gasteiger partial charge is 0.224 e. The molecule has 0 aliphatic carbocycles. The first-order chi connectivity index (χ1) is 8.93. The number of carbonyl (C=O) groups excluding carboxylic acids is 1. The molecule has 0 saturated heterocycles. The lowest BCUT2D eigenvalue weighted by Gasteiger charge is -2.09. The predicted octanol–water partition coefficient (Wildman–Crippen LogP) is 2.92. The maximum Gasteiger partial charge on any atom is 0.224 e. The first kappa shape index (κ1) is 15.5. The van der Waals surface area contributed by atoms with Gasteiger partial charge in [-0.15, -0.1) is 0 Å². The van der Waals surface area contributed by atoms with Crippen LogP contribution in [-0.2, 0) is 4.79 Å². The number of amidine groups is 1. The fraction of sp³-hybridized carbons (Fsp3) is 0.385. The molecule has 104 valence electrons. The lowest BCUT2D eigenvalue weighted by atomic mass is 10.1. The van der Waals surface area contributed by atoms with Crippen molar-refractivity contribution < 1.29 is 10.0 Å². The van der Waals surface area contributed by atoms with Gasteiger partial charge in [-0.3, -0.25) is 4.79 Å². The Morgan fingerprint density at radius 2 is 2.21 bits per heavy atom. The zero-order chi connectivity index (χ0) is 14.4. The Balaban J connectivity index is 2.72. The van der Waals surface area contributed by atoms with Crippen LogP contribution in [0.25, 0.3) is 0 Å². The lowest BCUT2D eigenvalue weighted by molar-refractivity contribution is -0.116. The van der Waals surface area contributed by atoms with Gasteiger partial charge in [-0.25, -0.2) is 0 Å². The van der Waals surface area contributed by atoms with Crippen molar-refractivity contribution >= 4 is 33.4 Å². The summed E-state index contributed by atoms with van der Waals surface area (Å²) >= 11 is 3.35. The normalized spacial score (nSPS) is 11.7. The first-order valence-electron chi connectivity index (χ1n) is 6.01. The quantitative estimate of drug-likeness (QED) is 0.336. The molecule has 0 bridgehead atoms. The third-order valence-electron chi connectivity index (χ3n) is 2.60. The van der Waals surface area contributed by atoms with E-state index >= 15 is 0 Å². The van der Waals surface area contributed by atoms with Gasteiger partial charge in [0.15, 0.2) is 5.84 Å². The van der Waals surface area contributed by atoms with E-state index in [9.17, 15) is 4.79 Å². The number of carbonyl (C=O) groups is 1. The van der Waals surface area contributed by atoms with E-state index in [4.69, 9.17) is 10.9 Å². The summed E-state index contributed by atoms with van der Waals surface area (Å²) in [5.41, 5.74) is 6.74. The molecule has 0 unspecified atom stereocenters. The van der Waals surface area contributed by atoms with Crippen LogP contribution in [0.2, 0.25) is 0 Å². The topological polar surface area (TPSA) is 87.7 Å². The maximum absolute atomic E-state index is 11.7. The van der Waals surface area contributed by atoms with Crippen molar-refractivity contribution in [1.29, 1.82) is 0 Å². The number of hydrogen-bond donors (Lipinski definition) is 3. The largest absolute Gasteiger partial charge is 0.409 e. The number of nitrogens with zero attached hydrogens (tertiary/aromatic N) is 1. The molecule has 0 saturated carbocycles. The summed E-state index contributed by atoms with van der Waals surface area (Å²) in [5, 5.41) is 14.3. The van der Waals surface area contributed by atoms with Gasteiger partial charge >= 0.3 is 0 Å². The van der Waals surface area contributed by atoms with Crippen molar-refractivity contribution in [2.45, 2.75) is 26.7 Å². The van der Waals surface area contributed by atoms with Gasteiger partial charge < -0.3 is 16.3 Å². The highest BCUT2D eigenvalue weighted by Crippen LogP contribution is 2.24. The van der Waals surface area contributed by atoms with E-state index in [1.165, 1.54) is 0 Å². The Labute approximate surface area is 121 Å². The molecule has 0 heterocycles. The van der Waals surface area contributed by atoms with Gasteiger partial charge in [0.25, 0.3) is 0 Å². The molecule has 0 aliphatic rings. The molecule has 6 heteroatoms. The Bertz CT molecular complexity index is 487. The predicted molar refractivity (Wildman–Crippen MR) is 79.4 cm³/mol. The zero-order valence-electron chi connectivity index (χ0n) is 11.0. The third kappa shape index (κ3) is 4.90. The molecule has 5 nitrogen and oxygen atoms in total. The molecular formula is C13H18BrN3O2. The van der Waals surface area contributed by atoms with Gasteiger partial charge in [0.2, 0.25) is 5.91 Å². The van der Waals surface area contributed by atoms with Crippen LogP contribution in [-0.4, -0.2) is 17.0 Å². The Hall–Kier alpha value is -1.56. The van der Waals surface area contributed by atoms with Crippen LogP contribution in [0.1, 0.15) is 32.3 Å². The standard InChI is InChI=1S/C13H18BrN3O2/c1-8(2)3-6-12(18)16-11-5-4-9(7-10(11)14)13(15)17-19/h4-5,7-8,19H,3,6H2,1-2H3,(H2,15,17)(H,16,18). The molecular weight excluding hydrogens is 310 g/mol. The van der Waals surface area contributed by atoms with Crippen LogP contribution in [0, 0.1) is 5.92 Å². The summed E-state index contributed by atoms with van der Waals surface area (Å²) in [6, 6.07) is 5.08. The minimum atomic E-state index is -0.0223. The minimum absolute atomic E-state index is 0.0223. The van der Waals surface area contributed by atoms with Gasteiger partial charge in [-0.05, 0) is 46.5 Å². The molecule has 1 aromatic rings. The highest BCUT2D eigenvalue weighted by molar-refractivity contribution is 9.10. The van der Waals surface area contributed by atoms with Crippen LogP contribution >= 0.6 is 15.9 Å². The average molecular weight is 328 g/mol. The molecule has 0 atom stereocenters. The second-order valence-corrected chi connectivity index (χ2v) is 5.51. The van der Waals surface area contributed by atoms with Crippen LogP contribution in [0.4, 0.5) is 5.69 Å². The van der Waals surface area contributed by atoms with Gasteiger partial charge in [-0.1, -0.05) is 19.0 Å². The van der Waals surface area contributed by atoms with Crippen LogP contribution in [0.3, 0.4) is 0 Å². The van der Waals surface area contributed by atoms with Crippen molar-refractivity contribution in [3.63, 3.8) is 0 Å². The number of halogens is 1. The Kier molecular flexibility index (Phi) is 5.82. The van der Waals surface area contributed by atoms with Crippen molar-refractivity contribution in [3.8, 4) is 0 Å². The number of rotatable bonds is 5. The number of nitrogens with one attached hydrogen (secondary N) is 1. The minimum Gasteiger partial charge on any atom is -0.409 e. The van der Waals surface area contributed by atoms with Crippen molar-refractivity contribution in [3.05, 3.63) is 28.2 Å². The Morgan fingerprint density at radius 1 is 1.53 bits per heavy atom. The third-order valence-corrected chi connectivity index (χ3v) is 3.25. The molecule has 1 aromatic carbocycles. The maximum atomic E-state index is 11.7. The second kappa shape index (κ2) is 7.13. The van der Waals surface area contributed by atoms with E-state index in [2.05, 4.69) is 40.2 Å². The van der Waals surface area contributed by atoms with E-state index < -0.39 is 0 Å². The fourth-order valence-corrected chi connectivity index (χ4v) is 1.94. The number of nitrogens with two attached hydrogens (primary N) is 1. The fourth-order valence-electron chi connectivity index (χ4n) is 1.47. The highest BCUT2D eigenvalue weighted by Gasteiger charge is 2.08. The number of anilines is 1. The average Bonchev–Trinajstić information content (AvgIpc) is 2.37. The molecule has 0 fully saturated rings. The molecule has 0 aromatic heterocycles. The van der Waals surface area contributed by atoms with Crippen molar-refractivity contribution in [2.75, 3.05) is 5.32 Å². The summed E-state index contributed by atoms with van der Waals surface area (Å²) in [6.07, 6.45) is 1.34. The number of benzene rings is 1. The summed E-state index contributed by atoms with van der Waals surface area (Å²) < 4.78 is 0.689. The summed E-state index contributed by atoms with van der Waals surface area (Å²) in [7, 11) is 0. The summed E-state index contributed by atoms with van der Waals surface area (Å²) in [4.78, 5) is 11.7. The molecule has 0 aliphatic heterocycles. The number of oxime groups is 1. The zero-order valence-corrected chi connectivity index (χ0v) is 12.6. The molecule has 4 N–H and O–H groups in total. The number of amides is 1. The van der Waals surface area contributed by atoms with Gasteiger partial charge in [0.05, 0.1) is 5.69 Å². The van der Waals surface area contributed by atoms with Crippen LogP contribution in [0.15, 0.2) is 27.8 Å². The van der Waals surface area contributed by atoms with E-state index in [1.54, 1.807) is 18.2 Å². The summed E-state index contributed by atoms with van der Waals surface area (Å²) in [6.45, 7) is 4.16.